The van der Waals surface area contributed by atoms with Crippen LogP contribution in [0, 0.1) is 5.82 Å². The molecule has 0 fully saturated rings. The number of hydrogen-bond acceptors (Lipinski definition) is 4. The Bertz CT molecular complexity index is 563. The van der Waals surface area contributed by atoms with Gasteiger partial charge in [0.1, 0.15) is 11.6 Å². The smallest absolute Gasteiger partial charge is 0.321 e. The van der Waals surface area contributed by atoms with Crippen molar-refractivity contribution in [2.45, 2.75) is 19.9 Å². The third kappa shape index (κ3) is 4.15. The lowest BCUT2D eigenvalue weighted by Gasteiger charge is -2.06. The largest absolute Gasteiger partial charge is 0.423 e. The molecule has 0 aliphatic rings. The fourth-order valence-electron chi connectivity index (χ4n) is 1.55. The lowest BCUT2D eigenvalue weighted by Crippen LogP contribution is -2.14. The maximum Gasteiger partial charge on any atom is 0.321 e. The Morgan fingerprint density at radius 2 is 2.05 bits per heavy atom. The number of hydrogen-bond donors (Lipinski definition) is 1. The molecule has 0 amide bonds. The van der Waals surface area contributed by atoms with Gasteiger partial charge in [-0.15, -0.1) is 0 Å². The van der Waals surface area contributed by atoms with Crippen LogP contribution in [-0.2, 0) is 6.54 Å². The minimum Gasteiger partial charge on any atom is -0.423 e. The van der Waals surface area contributed by atoms with Crippen LogP contribution >= 0.6 is 11.6 Å². The maximum absolute atomic E-state index is 12.9. The molecule has 1 aromatic carbocycles. The van der Waals surface area contributed by atoms with Crippen molar-refractivity contribution in [2.75, 3.05) is 6.54 Å². The van der Waals surface area contributed by atoms with Gasteiger partial charge in [0, 0.05) is 24.5 Å². The molecule has 1 heterocycles. The Hall–Kier alpha value is -1.72. The van der Waals surface area contributed by atoms with Gasteiger partial charge < -0.3 is 10.1 Å². The Labute approximate surface area is 122 Å². The summed E-state index contributed by atoms with van der Waals surface area (Å²) in [6.07, 6.45) is 4.44. The first-order valence-electron chi connectivity index (χ1n) is 6.33. The van der Waals surface area contributed by atoms with E-state index in [4.69, 9.17) is 16.3 Å². The molecule has 0 aliphatic heterocycles. The Morgan fingerprint density at radius 3 is 2.70 bits per heavy atom. The van der Waals surface area contributed by atoms with Crippen LogP contribution in [-0.4, -0.2) is 16.5 Å². The standard InChI is InChI=1S/C14H15ClFN3O/c1-2-5-17-7-10-8-18-14(19-9-10)20-13-4-3-11(16)6-12(13)15/h3-4,6,8-9,17H,2,5,7H2,1H3. The second kappa shape index (κ2) is 7.17. The van der Waals surface area contributed by atoms with Crippen LogP contribution in [0.1, 0.15) is 18.9 Å². The van der Waals surface area contributed by atoms with Crippen molar-refractivity contribution in [3.63, 3.8) is 0 Å². The van der Waals surface area contributed by atoms with Crippen molar-refractivity contribution in [3.05, 3.63) is 47.0 Å². The predicted octanol–water partition coefficient (Wildman–Crippen LogP) is 3.56. The lowest BCUT2D eigenvalue weighted by molar-refractivity contribution is 0.439. The average molecular weight is 296 g/mol. The van der Waals surface area contributed by atoms with Crippen molar-refractivity contribution in [2.24, 2.45) is 0 Å². The molecule has 4 nitrogen and oxygen atoms in total. The molecule has 2 rings (SSSR count). The monoisotopic (exact) mass is 295 g/mol. The van der Waals surface area contributed by atoms with Crippen molar-refractivity contribution >= 4 is 11.6 Å². The molecule has 0 bridgehead atoms. The SMILES string of the molecule is CCCNCc1cnc(Oc2ccc(F)cc2Cl)nc1. The van der Waals surface area contributed by atoms with Crippen LogP contribution in [0.25, 0.3) is 0 Å². The van der Waals surface area contributed by atoms with E-state index in [1.807, 2.05) is 0 Å². The summed E-state index contributed by atoms with van der Waals surface area (Å²) in [5.41, 5.74) is 0.969. The molecular formula is C14H15ClFN3O. The van der Waals surface area contributed by atoms with Gasteiger partial charge in [0.15, 0.2) is 0 Å². The number of benzene rings is 1. The molecular weight excluding hydrogens is 281 g/mol. The maximum atomic E-state index is 12.9. The fourth-order valence-corrected chi connectivity index (χ4v) is 1.76. The van der Waals surface area contributed by atoms with Crippen LogP contribution in [0.5, 0.6) is 11.8 Å². The summed E-state index contributed by atoms with van der Waals surface area (Å²) in [7, 11) is 0. The highest BCUT2D eigenvalue weighted by Crippen LogP contribution is 2.27. The van der Waals surface area contributed by atoms with Gasteiger partial charge in [-0.3, -0.25) is 0 Å². The van der Waals surface area contributed by atoms with Crippen LogP contribution in [0.15, 0.2) is 30.6 Å². The second-order valence-corrected chi connectivity index (χ2v) is 4.63. The molecule has 0 saturated heterocycles. The highest BCUT2D eigenvalue weighted by atomic mass is 35.5. The van der Waals surface area contributed by atoms with Crippen LogP contribution in [0.2, 0.25) is 5.02 Å². The molecule has 0 spiro atoms. The van der Waals surface area contributed by atoms with Gasteiger partial charge in [-0.1, -0.05) is 18.5 Å². The van der Waals surface area contributed by atoms with E-state index in [2.05, 4.69) is 22.2 Å². The molecule has 6 heteroatoms. The van der Waals surface area contributed by atoms with Gasteiger partial charge in [0.2, 0.25) is 0 Å². The Balaban J connectivity index is 1.99. The Kier molecular flexibility index (Phi) is 5.26. The van der Waals surface area contributed by atoms with E-state index < -0.39 is 5.82 Å². The summed E-state index contributed by atoms with van der Waals surface area (Å²) in [6.45, 7) is 3.77. The van der Waals surface area contributed by atoms with Gasteiger partial charge in [-0.25, -0.2) is 14.4 Å². The molecule has 0 aliphatic carbocycles. The molecule has 1 N–H and O–H groups in total. The lowest BCUT2D eigenvalue weighted by atomic mass is 10.3. The summed E-state index contributed by atoms with van der Waals surface area (Å²) in [6, 6.07) is 4.07. The van der Waals surface area contributed by atoms with E-state index >= 15 is 0 Å². The van der Waals surface area contributed by atoms with Crippen LogP contribution in [0.3, 0.4) is 0 Å². The molecule has 0 radical (unpaired) electrons. The topological polar surface area (TPSA) is 47.0 Å². The third-order valence-corrected chi connectivity index (χ3v) is 2.83. The first kappa shape index (κ1) is 14.7. The van der Waals surface area contributed by atoms with E-state index in [1.165, 1.54) is 18.2 Å². The third-order valence-electron chi connectivity index (χ3n) is 2.53. The van der Waals surface area contributed by atoms with Crippen LogP contribution in [0.4, 0.5) is 4.39 Å². The van der Waals surface area contributed by atoms with Gasteiger partial charge in [-0.05, 0) is 31.2 Å². The summed E-state index contributed by atoms with van der Waals surface area (Å²) >= 11 is 5.86. The Morgan fingerprint density at radius 1 is 1.30 bits per heavy atom. The highest BCUT2D eigenvalue weighted by molar-refractivity contribution is 6.32. The highest BCUT2D eigenvalue weighted by Gasteiger charge is 2.06. The molecule has 2 aromatic rings. The first-order chi connectivity index (χ1) is 9.69. The van der Waals surface area contributed by atoms with E-state index in [-0.39, 0.29) is 11.0 Å². The zero-order chi connectivity index (χ0) is 14.4. The molecule has 1 aromatic heterocycles. The minimum atomic E-state index is -0.416. The number of aromatic nitrogens is 2. The quantitative estimate of drug-likeness (QED) is 0.828. The molecule has 0 saturated carbocycles. The number of nitrogens with zero attached hydrogens (tertiary/aromatic N) is 2. The zero-order valence-corrected chi connectivity index (χ0v) is 11.8. The van der Waals surface area contributed by atoms with Gasteiger partial charge in [-0.2, -0.15) is 0 Å². The first-order valence-corrected chi connectivity index (χ1v) is 6.71. The predicted molar refractivity (Wildman–Crippen MR) is 75.5 cm³/mol. The fraction of sp³-hybridized carbons (Fsp3) is 0.286. The van der Waals surface area contributed by atoms with Gasteiger partial charge in [0.05, 0.1) is 5.02 Å². The number of nitrogens with one attached hydrogen (secondary N) is 1. The van der Waals surface area contributed by atoms with Crippen molar-refractivity contribution < 1.29 is 9.13 Å². The molecule has 0 unspecified atom stereocenters. The molecule has 106 valence electrons. The summed E-state index contributed by atoms with van der Waals surface area (Å²) in [4.78, 5) is 8.18. The average Bonchev–Trinajstić information content (AvgIpc) is 2.44. The minimum absolute atomic E-state index is 0.178. The van der Waals surface area contributed by atoms with E-state index in [0.29, 0.717) is 12.3 Å². The van der Waals surface area contributed by atoms with Gasteiger partial charge >= 0.3 is 6.01 Å². The normalized spacial score (nSPS) is 10.6. The number of rotatable bonds is 6. The zero-order valence-electron chi connectivity index (χ0n) is 11.1. The molecule has 0 atom stereocenters. The van der Waals surface area contributed by atoms with E-state index in [1.54, 1.807) is 12.4 Å². The van der Waals surface area contributed by atoms with E-state index in [9.17, 15) is 4.39 Å². The van der Waals surface area contributed by atoms with Crippen molar-refractivity contribution in [1.82, 2.24) is 15.3 Å². The van der Waals surface area contributed by atoms with Gasteiger partial charge in [0.25, 0.3) is 0 Å². The van der Waals surface area contributed by atoms with Crippen molar-refractivity contribution in [1.29, 1.82) is 0 Å². The van der Waals surface area contributed by atoms with Crippen molar-refractivity contribution in [3.8, 4) is 11.8 Å². The summed E-state index contributed by atoms with van der Waals surface area (Å²) < 4.78 is 18.3. The van der Waals surface area contributed by atoms with Crippen LogP contribution < -0.4 is 10.1 Å². The summed E-state index contributed by atoms with van der Waals surface area (Å²) in [5, 5.41) is 3.43. The van der Waals surface area contributed by atoms with E-state index in [0.717, 1.165) is 18.5 Å². The summed E-state index contributed by atoms with van der Waals surface area (Å²) in [5.74, 6) is -0.0921. The number of ether oxygens (including phenoxy) is 1. The molecule has 20 heavy (non-hydrogen) atoms. The number of halogens is 2. The second-order valence-electron chi connectivity index (χ2n) is 4.23.